The summed E-state index contributed by atoms with van der Waals surface area (Å²) in [5.74, 6) is -0.715. The summed E-state index contributed by atoms with van der Waals surface area (Å²) in [6.07, 6.45) is 2.21. The molecule has 0 fully saturated rings. The molecule has 0 unspecified atom stereocenters. The number of carbonyl (C=O) groups is 1. The molecule has 2 rings (SSSR count). The first-order valence-corrected chi connectivity index (χ1v) is 8.79. The molecular formula is C19H19FN2O2S. The Labute approximate surface area is 150 Å². The first-order chi connectivity index (χ1) is 12.2. The molecule has 6 heteroatoms. The number of hydrogen-bond donors (Lipinski definition) is 1. The van der Waals surface area contributed by atoms with Gasteiger partial charge in [0.25, 0.3) is 5.91 Å². The Hall–Kier alpha value is -2.49. The van der Waals surface area contributed by atoms with Crippen molar-refractivity contribution in [1.82, 2.24) is 5.32 Å². The van der Waals surface area contributed by atoms with Crippen LogP contribution in [0.1, 0.15) is 18.2 Å². The van der Waals surface area contributed by atoms with E-state index in [0.29, 0.717) is 31.7 Å². The molecule has 0 aliphatic carbocycles. The number of ether oxygens (including phenoxy) is 1. The standard InChI is InChI=1S/C19H19FN2O2S/c1-2-24-11-5-10-22-19(23)14(13-21)12-15-8-9-18(25-15)16-6-3-4-7-17(16)20/h3-4,6-9,12H,2,5,10-11H2,1H3,(H,22,23). The quantitative estimate of drug-likeness (QED) is 0.441. The SMILES string of the molecule is CCOCCCNC(=O)C(C#N)=Cc1ccc(-c2ccccc2F)s1. The molecule has 1 aromatic carbocycles. The number of rotatable bonds is 8. The van der Waals surface area contributed by atoms with Crippen molar-refractivity contribution in [2.75, 3.05) is 19.8 Å². The molecule has 0 bridgehead atoms. The molecule has 0 atom stereocenters. The van der Waals surface area contributed by atoms with Crippen LogP contribution in [0.4, 0.5) is 4.39 Å². The number of nitrogens with zero attached hydrogens (tertiary/aromatic N) is 1. The van der Waals surface area contributed by atoms with Crippen molar-refractivity contribution in [2.24, 2.45) is 0 Å². The summed E-state index contributed by atoms with van der Waals surface area (Å²) in [5.41, 5.74) is 0.532. The van der Waals surface area contributed by atoms with Crippen molar-refractivity contribution in [3.05, 3.63) is 52.7 Å². The highest BCUT2D eigenvalue weighted by atomic mass is 32.1. The average Bonchev–Trinajstić information content (AvgIpc) is 3.08. The van der Waals surface area contributed by atoms with Crippen LogP contribution in [0.5, 0.6) is 0 Å². The zero-order valence-corrected chi connectivity index (χ0v) is 14.7. The van der Waals surface area contributed by atoms with E-state index < -0.39 is 5.91 Å². The van der Waals surface area contributed by atoms with E-state index in [1.54, 1.807) is 30.3 Å². The van der Waals surface area contributed by atoms with E-state index in [-0.39, 0.29) is 11.4 Å². The highest BCUT2D eigenvalue weighted by Gasteiger charge is 2.11. The molecule has 25 heavy (non-hydrogen) atoms. The van der Waals surface area contributed by atoms with Gasteiger partial charge in [-0.05, 0) is 37.6 Å². The predicted octanol–water partition coefficient (Wildman–Crippen LogP) is 4.00. The second kappa shape index (κ2) is 9.72. The third-order valence-electron chi connectivity index (χ3n) is 3.37. The van der Waals surface area contributed by atoms with E-state index >= 15 is 0 Å². The van der Waals surface area contributed by atoms with Gasteiger partial charge in [-0.15, -0.1) is 11.3 Å². The highest BCUT2D eigenvalue weighted by Crippen LogP contribution is 2.31. The zero-order valence-electron chi connectivity index (χ0n) is 13.9. The minimum absolute atomic E-state index is 0.0262. The minimum Gasteiger partial charge on any atom is -0.382 e. The van der Waals surface area contributed by atoms with Gasteiger partial charge in [0.2, 0.25) is 0 Å². The van der Waals surface area contributed by atoms with Gasteiger partial charge in [-0.1, -0.05) is 18.2 Å². The van der Waals surface area contributed by atoms with Gasteiger partial charge in [0.1, 0.15) is 17.5 Å². The van der Waals surface area contributed by atoms with E-state index in [0.717, 1.165) is 9.75 Å². The predicted molar refractivity (Wildman–Crippen MR) is 97.4 cm³/mol. The van der Waals surface area contributed by atoms with Gasteiger partial charge >= 0.3 is 0 Å². The lowest BCUT2D eigenvalue weighted by Gasteiger charge is -2.04. The summed E-state index contributed by atoms with van der Waals surface area (Å²) >= 11 is 1.33. The molecule has 4 nitrogen and oxygen atoms in total. The first kappa shape index (κ1) is 18.8. The van der Waals surface area contributed by atoms with Crippen LogP contribution in [-0.4, -0.2) is 25.7 Å². The fourth-order valence-corrected chi connectivity index (χ4v) is 3.12. The van der Waals surface area contributed by atoms with E-state index in [9.17, 15) is 14.4 Å². The number of nitrogens with one attached hydrogen (secondary N) is 1. The lowest BCUT2D eigenvalue weighted by Crippen LogP contribution is -2.26. The molecule has 0 saturated carbocycles. The Morgan fingerprint density at radius 2 is 2.16 bits per heavy atom. The van der Waals surface area contributed by atoms with Crippen molar-refractivity contribution < 1.29 is 13.9 Å². The molecule has 1 aromatic heterocycles. The van der Waals surface area contributed by atoms with Crippen molar-refractivity contribution in [2.45, 2.75) is 13.3 Å². The lowest BCUT2D eigenvalue weighted by atomic mass is 10.2. The van der Waals surface area contributed by atoms with E-state index in [2.05, 4.69) is 5.32 Å². The molecule has 0 aliphatic rings. The summed E-state index contributed by atoms with van der Waals surface area (Å²) < 4.78 is 19.0. The molecular weight excluding hydrogens is 339 g/mol. The van der Waals surface area contributed by atoms with Gasteiger partial charge in [0.05, 0.1) is 0 Å². The summed E-state index contributed by atoms with van der Waals surface area (Å²) in [4.78, 5) is 13.5. The van der Waals surface area contributed by atoms with Gasteiger partial charge in [-0.2, -0.15) is 5.26 Å². The van der Waals surface area contributed by atoms with Crippen molar-refractivity contribution in [1.29, 1.82) is 5.26 Å². The maximum atomic E-state index is 13.8. The van der Waals surface area contributed by atoms with Crippen LogP contribution in [0, 0.1) is 17.1 Å². The summed E-state index contributed by atoms with van der Waals surface area (Å²) in [6.45, 7) is 3.56. The van der Waals surface area contributed by atoms with Gasteiger partial charge in [0.15, 0.2) is 0 Å². The molecule has 0 radical (unpaired) electrons. The number of thiophene rings is 1. The maximum Gasteiger partial charge on any atom is 0.261 e. The van der Waals surface area contributed by atoms with Gasteiger partial charge in [-0.3, -0.25) is 4.79 Å². The van der Waals surface area contributed by atoms with Crippen LogP contribution < -0.4 is 5.32 Å². The van der Waals surface area contributed by atoms with E-state index in [1.807, 2.05) is 13.0 Å². The van der Waals surface area contributed by atoms with E-state index in [4.69, 9.17) is 4.74 Å². The maximum absolute atomic E-state index is 13.8. The Morgan fingerprint density at radius 3 is 2.88 bits per heavy atom. The topological polar surface area (TPSA) is 62.1 Å². The number of halogens is 1. The van der Waals surface area contributed by atoms with Crippen molar-refractivity contribution in [3.8, 4) is 16.5 Å². The van der Waals surface area contributed by atoms with E-state index in [1.165, 1.54) is 23.5 Å². The molecule has 1 N–H and O–H groups in total. The average molecular weight is 358 g/mol. The van der Waals surface area contributed by atoms with Crippen LogP contribution in [0.2, 0.25) is 0 Å². The molecule has 130 valence electrons. The number of benzene rings is 1. The largest absolute Gasteiger partial charge is 0.382 e. The Kier molecular flexibility index (Phi) is 7.33. The molecule has 1 heterocycles. The molecule has 2 aromatic rings. The summed E-state index contributed by atoms with van der Waals surface area (Å²) in [7, 11) is 0. The summed E-state index contributed by atoms with van der Waals surface area (Å²) in [6, 6.07) is 12.0. The Morgan fingerprint density at radius 1 is 1.36 bits per heavy atom. The van der Waals surface area contributed by atoms with Gasteiger partial charge in [0, 0.05) is 35.1 Å². The molecule has 0 saturated heterocycles. The molecule has 0 spiro atoms. The second-order valence-electron chi connectivity index (χ2n) is 5.16. The lowest BCUT2D eigenvalue weighted by molar-refractivity contribution is -0.117. The molecule has 0 aliphatic heterocycles. The Balaban J connectivity index is 2.04. The monoisotopic (exact) mass is 358 g/mol. The summed E-state index contributed by atoms with van der Waals surface area (Å²) in [5, 5.41) is 11.9. The fraction of sp³-hybridized carbons (Fsp3) is 0.263. The second-order valence-corrected chi connectivity index (χ2v) is 6.27. The third-order valence-corrected chi connectivity index (χ3v) is 4.44. The van der Waals surface area contributed by atoms with Crippen LogP contribution in [0.25, 0.3) is 16.5 Å². The number of carbonyl (C=O) groups excluding carboxylic acids is 1. The Bertz CT molecular complexity index is 793. The smallest absolute Gasteiger partial charge is 0.261 e. The number of amides is 1. The van der Waals surface area contributed by atoms with Crippen molar-refractivity contribution >= 4 is 23.3 Å². The highest BCUT2D eigenvalue weighted by molar-refractivity contribution is 7.16. The van der Waals surface area contributed by atoms with Crippen LogP contribution in [0.15, 0.2) is 42.0 Å². The van der Waals surface area contributed by atoms with Gasteiger partial charge < -0.3 is 10.1 Å². The van der Waals surface area contributed by atoms with Crippen LogP contribution in [0.3, 0.4) is 0 Å². The fourth-order valence-electron chi connectivity index (χ4n) is 2.14. The zero-order chi connectivity index (χ0) is 18.1. The minimum atomic E-state index is -0.417. The van der Waals surface area contributed by atoms with Crippen LogP contribution >= 0.6 is 11.3 Å². The number of hydrogen-bond acceptors (Lipinski definition) is 4. The molecule has 1 amide bonds. The first-order valence-electron chi connectivity index (χ1n) is 7.98. The van der Waals surface area contributed by atoms with Crippen molar-refractivity contribution in [3.63, 3.8) is 0 Å². The van der Waals surface area contributed by atoms with Crippen LogP contribution in [-0.2, 0) is 9.53 Å². The third kappa shape index (κ3) is 5.52. The van der Waals surface area contributed by atoms with Gasteiger partial charge in [-0.25, -0.2) is 4.39 Å². The normalized spacial score (nSPS) is 11.2. The number of nitriles is 1.